The maximum Gasteiger partial charge on any atom is 0.410 e. The Kier molecular flexibility index (Phi) is 5.26. The summed E-state index contributed by atoms with van der Waals surface area (Å²) in [6.45, 7) is 6.87. The molecule has 0 aromatic heterocycles. The maximum atomic E-state index is 12.4. The molecule has 1 atom stereocenters. The van der Waals surface area contributed by atoms with Crippen molar-refractivity contribution in [2.45, 2.75) is 32.4 Å². The quantitative estimate of drug-likeness (QED) is 0.784. The fraction of sp³-hybridized carbons (Fsp3) is 0.529. The lowest BCUT2D eigenvalue weighted by Gasteiger charge is -2.36. The zero-order chi connectivity index (χ0) is 17.0. The lowest BCUT2D eigenvalue weighted by Crippen LogP contribution is -2.45. The number of hydrogen-bond acceptors (Lipinski definition) is 5. The summed E-state index contributed by atoms with van der Waals surface area (Å²) in [5.74, 6) is -0.388. The number of benzene rings is 1. The number of methoxy groups -OCH3 is 1. The molecular weight excluding hydrogens is 298 g/mol. The van der Waals surface area contributed by atoms with Gasteiger partial charge < -0.3 is 14.2 Å². The van der Waals surface area contributed by atoms with E-state index < -0.39 is 5.60 Å². The fourth-order valence-corrected chi connectivity index (χ4v) is 2.38. The van der Waals surface area contributed by atoms with Gasteiger partial charge in [-0.3, -0.25) is 4.90 Å². The molecule has 1 heterocycles. The Labute approximate surface area is 136 Å². The van der Waals surface area contributed by atoms with Gasteiger partial charge in [-0.05, 0) is 38.5 Å². The van der Waals surface area contributed by atoms with E-state index in [1.165, 1.54) is 7.11 Å². The second-order valence-electron chi connectivity index (χ2n) is 6.38. The molecule has 0 bridgehead atoms. The van der Waals surface area contributed by atoms with Crippen LogP contribution in [0.5, 0.6) is 0 Å². The van der Waals surface area contributed by atoms with E-state index in [0.29, 0.717) is 25.3 Å². The van der Waals surface area contributed by atoms with Crippen LogP contribution in [0.3, 0.4) is 0 Å². The van der Waals surface area contributed by atoms with Gasteiger partial charge in [0.25, 0.3) is 0 Å². The molecule has 1 aromatic carbocycles. The molecule has 1 amide bonds. The summed E-state index contributed by atoms with van der Waals surface area (Å²) in [5.41, 5.74) is 0.814. The van der Waals surface area contributed by atoms with E-state index >= 15 is 0 Å². The van der Waals surface area contributed by atoms with Crippen molar-refractivity contribution in [2.24, 2.45) is 0 Å². The van der Waals surface area contributed by atoms with E-state index in [9.17, 15) is 9.59 Å². The Morgan fingerprint density at radius 1 is 1.22 bits per heavy atom. The number of nitrogens with zero attached hydrogens (tertiary/aromatic N) is 1. The highest BCUT2D eigenvalue weighted by atomic mass is 16.6. The molecule has 1 fully saturated rings. The van der Waals surface area contributed by atoms with Crippen LogP contribution in [-0.4, -0.2) is 49.4 Å². The second-order valence-corrected chi connectivity index (χ2v) is 6.38. The van der Waals surface area contributed by atoms with Crippen molar-refractivity contribution in [3.63, 3.8) is 0 Å². The molecule has 0 spiro atoms. The number of amides is 1. The molecule has 6 nitrogen and oxygen atoms in total. The maximum absolute atomic E-state index is 12.4. The van der Waals surface area contributed by atoms with Gasteiger partial charge >= 0.3 is 12.1 Å². The van der Waals surface area contributed by atoms with Crippen LogP contribution < -0.4 is 0 Å². The summed E-state index contributed by atoms with van der Waals surface area (Å²) < 4.78 is 15.7. The zero-order valence-corrected chi connectivity index (χ0v) is 14.0. The SMILES string of the molecule is COC(=O)c1ccc([C@@H]2COCCN2C(=O)OC(C)(C)C)cc1. The summed E-state index contributed by atoms with van der Waals surface area (Å²) in [5, 5.41) is 0. The van der Waals surface area contributed by atoms with Crippen LogP contribution >= 0.6 is 0 Å². The summed E-state index contributed by atoms with van der Waals surface area (Å²) in [7, 11) is 1.34. The molecule has 1 saturated heterocycles. The first-order valence-electron chi connectivity index (χ1n) is 7.57. The van der Waals surface area contributed by atoms with Crippen molar-refractivity contribution in [1.82, 2.24) is 4.90 Å². The van der Waals surface area contributed by atoms with E-state index in [0.717, 1.165) is 5.56 Å². The van der Waals surface area contributed by atoms with Crippen LogP contribution in [0.15, 0.2) is 24.3 Å². The fourth-order valence-electron chi connectivity index (χ4n) is 2.38. The Morgan fingerprint density at radius 2 is 1.87 bits per heavy atom. The van der Waals surface area contributed by atoms with Gasteiger partial charge in [0.05, 0.1) is 31.9 Å². The van der Waals surface area contributed by atoms with E-state index in [1.54, 1.807) is 17.0 Å². The van der Waals surface area contributed by atoms with Crippen molar-refractivity contribution in [1.29, 1.82) is 0 Å². The molecular formula is C17H23NO5. The molecule has 2 rings (SSSR count). The lowest BCUT2D eigenvalue weighted by atomic mass is 10.0. The predicted octanol–water partition coefficient (Wildman–Crippen LogP) is 2.78. The first kappa shape index (κ1) is 17.3. The number of ether oxygens (including phenoxy) is 3. The molecule has 0 N–H and O–H groups in total. The third kappa shape index (κ3) is 4.45. The van der Waals surface area contributed by atoms with Crippen LogP contribution in [0, 0.1) is 0 Å². The largest absolute Gasteiger partial charge is 0.465 e. The molecule has 1 aliphatic heterocycles. The monoisotopic (exact) mass is 321 g/mol. The Hall–Kier alpha value is -2.08. The Balaban J connectivity index is 2.17. The topological polar surface area (TPSA) is 65.1 Å². The van der Waals surface area contributed by atoms with Gasteiger partial charge in [0.15, 0.2) is 0 Å². The summed E-state index contributed by atoms with van der Waals surface area (Å²) >= 11 is 0. The summed E-state index contributed by atoms with van der Waals surface area (Å²) in [6, 6.07) is 6.75. The summed E-state index contributed by atoms with van der Waals surface area (Å²) in [4.78, 5) is 25.6. The van der Waals surface area contributed by atoms with E-state index in [2.05, 4.69) is 4.74 Å². The van der Waals surface area contributed by atoms with E-state index in [-0.39, 0.29) is 18.1 Å². The van der Waals surface area contributed by atoms with Gasteiger partial charge in [0.1, 0.15) is 5.60 Å². The predicted molar refractivity (Wildman–Crippen MR) is 84.3 cm³/mol. The summed E-state index contributed by atoms with van der Waals surface area (Å²) in [6.07, 6.45) is -0.358. The molecule has 0 saturated carbocycles. The standard InChI is InChI=1S/C17H23NO5/c1-17(2,3)23-16(20)18-9-10-22-11-14(18)12-5-7-13(8-6-12)15(19)21-4/h5-8,14H,9-11H2,1-4H3/t14-/m0/s1. The zero-order valence-electron chi connectivity index (χ0n) is 14.0. The first-order valence-corrected chi connectivity index (χ1v) is 7.57. The Morgan fingerprint density at radius 3 is 2.43 bits per heavy atom. The van der Waals surface area contributed by atoms with Crippen molar-refractivity contribution >= 4 is 12.1 Å². The van der Waals surface area contributed by atoms with Gasteiger partial charge in [-0.15, -0.1) is 0 Å². The van der Waals surface area contributed by atoms with Crippen LogP contribution in [0.4, 0.5) is 4.79 Å². The number of morpholine rings is 1. The van der Waals surface area contributed by atoms with Gasteiger partial charge in [-0.25, -0.2) is 9.59 Å². The van der Waals surface area contributed by atoms with Crippen LogP contribution in [0.1, 0.15) is 42.7 Å². The highest BCUT2D eigenvalue weighted by Gasteiger charge is 2.32. The van der Waals surface area contributed by atoms with Gasteiger partial charge in [0, 0.05) is 6.54 Å². The van der Waals surface area contributed by atoms with Crippen LogP contribution in [0.25, 0.3) is 0 Å². The number of carbonyl (C=O) groups excluding carboxylic acids is 2. The number of hydrogen-bond donors (Lipinski definition) is 0. The van der Waals surface area contributed by atoms with E-state index in [1.807, 2.05) is 32.9 Å². The van der Waals surface area contributed by atoms with Crippen molar-refractivity contribution in [3.8, 4) is 0 Å². The molecule has 1 aromatic rings. The second kappa shape index (κ2) is 7.00. The normalized spacial score (nSPS) is 18.4. The van der Waals surface area contributed by atoms with Crippen LogP contribution in [-0.2, 0) is 14.2 Å². The minimum absolute atomic E-state index is 0.231. The smallest absolute Gasteiger partial charge is 0.410 e. The van der Waals surface area contributed by atoms with Crippen LogP contribution in [0.2, 0.25) is 0 Å². The first-order chi connectivity index (χ1) is 10.8. The van der Waals surface area contributed by atoms with E-state index in [4.69, 9.17) is 9.47 Å². The minimum atomic E-state index is -0.547. The average Bonchev–Trinajstić information content (AvgIpc) is 2.52. The third-order valence-electron chi connectivity index (χ3n) is 3.47. The number of esters is 1. The highest BCUT2D eigenvalue weighted by Crippen LogP contribution is 2.26. The number of carbonyl (C=O) groups is 2. The average molecular weight is 321 g/mol. The highest BCUT2D eigenvalue weighted by molar-refractivity contribution is 5.89. The van der Waals surface area contributed by atoms with Crippen molar-refractivity contribution < 1.29 is 23.8 Å². The molecule has 0 radical (unpaired) electrons. The van der Waals surface area contributed by atoms with Gasteiger partial charge in [-0.2, -0.15) is 0 Å². The molecule has 23 heavy (non-hydrogen) atoms. The molecule has 1 aliphatic rings. The van der Waals surface area contributed by atoms with Crippen molar-refractivity contribution in [2.75, 3.05) is 26.9 Å². The molecule has 0 aliphatic carbocycles. The number of rotatable bonds is 2. The molecule has 126 valence electrons. The van der Waals surface area contributed by atoms with Gasteiger partial charge in [0.2, 0.25) is 0 Å². The minimum Gasteiger partial charge on any atom is -0.465 e. The lowest BCUT2D eigenvalue weighted by molar-refractivity contribution is -0.0331. The molecule has 6 heteroatoms. The molecule has 0 unspecified atom stereocenters. The van der Waals surface area contributed by atoms with Gasteiger partial charge in [-0.1, -0.05) is 12.1 Å². The third-order valence-corrected chi connectivity index (χ3v) is 3.47. The van der Waals surface area contributed by atoms with Crippen molar-refractivity contribution in [3.05, 3.63) is 35.4 Å². The Bertz CT molecular complexity index is 561.